The van der Waals surface area contributed by atoms with Gasteiger partial charge in [0.25, 0.3) is 0 Å². The van der Waals surface area contributed by atoms with Crippen molar-refractivity contribution in [2.45, 2.75) is 37.3 Å². The summed E-state index contributed by atoms with van der Waals surface area (Å²) in [5.74, 6) is -0.470. The molecule has 1 unspecified atom stereocenters. The lowest BCUT2D eigenvalue weighted by molar-refractivity contribution is -0.128. The van der Waals surface area contributed by atoms with Crippen molar-refractivity contribution in [1.82, 2.24) is 15.5 Å². The molecular formula is C18H23ClN4O2. The minimum Gasteiger partial charge on any atom is -0.358 e. The summed E-state index contributed by atoms with van der Waals surface area (Å²) in [5, 5.41) is 15.4. The third kappa shape index (κ3) is 4.71. The van der Waals surface area contributed by atoms with Gasteiger partial charge in [0.05, 0.1) is 12.6 Å². The Bertz CT molecular complexity index is 663. The second-order valence-corrected chi connectivity index (χ2v) is 6.87. The van der Waals surface area contributed by atoms with E-state index in [9.17, 15) is 14.9 Å². The number of carbonyl (C=O) groups is 2. The molecule has 0 aromatic heterocycles. The number of hydrogen-bond acceptors (Lipinski definition) is 4. The maximum atomic E-state index is 12.4. The van der Waals surface area contributed by atoms with Gasteiger partial charge in [0.1, 0.15) is 11.6 Å². The minimum absolute atomic E-state index is 0.0180. The molecule has 0 saturated heterocycles. The Morgan fingerprint density at radius 2 is 1.92 bits per heavy atom. The van der Waals surface area contributed by atoms with E-state index in [4.69, 9.17) is 11.6 Å². The molecule has 1 atom stereocenters. The van der Waals surface area contributed by atoms with Crippen LogP contribution >= 0.6 is 11.6 Å². The van der Waals surface area contributed by atoms with Gasteiger partial charge >= 0.3 is 0 Å². The second kappa shape index (κ2) is 8.32. The fourth-order valence-electron chi connectivity index (χ4n) is 3.26. The molecular weight excluding hydrogens is 340 g/mol. The Balaban J connectivity index is 2.10. The molecule has 2 rings (SSSR count). The molecule has 0 spiro atoms. The van der Waals surface area contributed by atoms with Crippen LogP contribution in [0.3, 0.4) is 0 Å². The molecule has 0 aliphatic heterocycles. The van der Waals surface area contributed by atoms with Gasteiger partial charge < -0.3 is 10.6 Å². The van der Waals surface area contributed by atoms with Gasteiger partial charge in [-0.3, -0.25) is 14.5 Å². The lowest BCUT2D eigenvalue weighted by Crippen LogP contribution is -2.50. The normalized spacial score (nSPS) is 16.9. The summed E-state index contributed by atoms with van der Waals surface area (Å²) in [7, 11) is 3.27. The number of nitrogens with zero attached hydrogens (tertiary/aromatic N) is 2. The first-order chi connectivity index (χ1) is 11.9. The largest absolute Gasteiger partial charge is 0.358 e. The fourth-order valence-corrected chi connectivity index (χ4v) is 3.38. The molecule has 0 bridgehead atoms. The highest BCUT2D eigenvalue weighted by Gasteiger charge is 2.36. The van der Waals surface area contributed by atoms with E-state index in [1.54, 1.807) is 43.3 Å². The molecule has 1 aromatic carbocycles. The highest BCUT2D eigenvalue weighted by molar-refractivity contribution is 6.30. The predicted octanol–water partition coefficient (Wildman–Crippen LogP) is 2.01. The van der Waals surface area contributed by atoms with Crippen molar-refractivity contribution >= 4 is 23.4 Å². The van der Waals surface area contributed by atoms with Crippen LogP contribution in [0.25, 0.3) is 0 Å². The molecule has 0 radical (unpaired) electrons. The Morgan fingerprint density at radius 3 is 2.44 bits per heavy atom. The Hall–Kier alpha value is -2.10. The van der Waals surface area contributed by atoms with E-state index in [0.29, 0.717) is 17.9 Å². The Kier molecular flexibility index (Phi) is 6.40. The van der Waals surface area contributed by atoms with Crippen LogP contribution in [0.5, 0.6) is 0 Å². The van der Waals surface area contributed by atoms with Crippen molar-refractivity contribution in [1.29, 1.82) is 5.26 Å². The van der Waals surface area contributed by atoms with Crippen LogP contribution in [0.4, 0.5) is 0 Å². The van der Waals surface area contributed by atoms with Crippen molar-refractivity contribution in [3.05, 3.63) is 34.9 Å². The first-order valence-corrected chi connectivity index (χ1v) is 8.68. The zero-order valence-corrected chi connectivity index (χ0v) is 15.3. The van der Waals surface area contributed by atoms with Crippen molar-refractivity contribution in [2.75, 3.05) is 20.6 Å². The monoisotopic (exact) mass is 362 g/mol. The van der Waals surface area contributed by atoms with Gasteiger partial charge in [-0.05, 0) is 50.4 Å². The molecule has 1 fully saturated rings. The smallest absolute Gasteiger partial charge is 0.241 e. The van der Waals surface area contributed by atoms with Crippen LogP contribution < -0.4 is 10.6 Å². The van der Waals surface area contributed by atoms with E-state index in [1.165, 1.54) is 0 Å². The van der Waals surface area contributed by atoms with Gasteiger partial charge in [-0.25, -0.2) is 0 Å². The predicted molar refractivity (Wildman–Crippen MR) is 95.8 cm³/mol. The summed E-state index contributed by atoms with van der Waals surface area (Å²) >= 11 is 5.91. The maximum absolute atomic E-state index is 12.4. The molecule has 25 heavy (non-hydrogen) atoms. The summed E-state index contributed by atoms with van der Waals surface area (Å²) in [4.78, 5) is 26.4. The van der Waals surface area contributed by atoms with Gasteiger partial charge in [-0.2, -0.15) is 5.26 Å². The SMILES string of the molecule is CNC(=O)C(c1ccc(Cl)cc1)N(C)CC(=O)NC1(C#N)CCCC1. The quantitative estimate of drug-likeness (QED) is 0.810. The number of carbonyl (C=O) groups excluding carboxylic acids is 2. The zero-order chi connectivity index (χ0) is 18.4. The number of hydrogen-bond donors (Lipinski definition) is 2. The average Bonchev–Trinajstić information content (AvgIpc) is 3.05. The summed E-state index contributed by atoms with van der Waals surface area (Å²) in [5.41, 5.74) is -0.0179. The Morgan fingerprint density at radius 1 is 1.32 bits per heavy atom. The van der Waals surface area contributed by atoms with E-state index >= 15 is 0 Å². The first kappa shape index (κ1) is 19.2. The number of likely N-dealkylation sites (N-methyl/N-ethyl adjacent to an activating group) is 2. The highest BCUT2D eigenvalue weighted by Crippen LogP contribution is 2.29. The molecule has 1 aromatic rings. The van der Waals surface area contributed by atoms with E-state index in [-0.39, 0.29) is 18.4 Å². The van der Waals surface area contributed by atoms with E-state index < -0.39 is 11.6 Å². The van der Waals surface area contributed by atoms with Crippen LogP contribution in [-0.4, -0.2) is 42.9 Å². The van der Waals surface area contributed by atoms with Crippen molar-refractivity contribution in [3.63, 3.8) is 0 Å². The molecule has 2 N–H and O–H groups in total. The molecule has 7 heteroatoms. The third-order valence-corrected chi connectivity index (χ3v) is 4.82. The summed E-state index contributed by atoms with van der Waals surface area (Å²) in [6, 6.07) is 8.58. The summed E-state index contributed by atoms with van der Waals surface area (Å²) in [6.07, 6.45) is 3.23. The first-order valence-electron chi connectivity index (χ1n) is 8.30. The topological polar surface area (TPSA) is 85.2 Å². The highest BCUT2D eigenvalue weighted by atomic mass is 35.5. The van der Waals surface area contributed by atoms with Crippen molar-refractivity contribution < 1.29 is 9.59 Å². The summed E-state index contributed by atoms with van der Waals surface area (Å²) < 4.78 is 0. The number of amides is 2. The molecule has 1 saturated carbocycles. The number of benzene rings is 1. The fraction of sp³-hybridized carbons (Fsp3) is 0.500. The van der Waals surface area contributed by atoms with Gasteiger partial charge in [-0.15, -0.1) is 0 Å². The zero-order valence-electron chi connectivity index (χ0n) is 14.5. The number of nitrogens with one attached hydrogen (secondary N) is 2. The standard InChI is InChI=1S/C18H23ClN4O2/c1-21-17(25)16(13-5-7-14(19)8-6-13)23(2)11-15(24)22-18(12-20)9-3-4-10-18/h5-8,16H,3-4,9-11H2,1-2H3,(H,21,25)(H,22,24). The lowest BCUT2D eigenvalue weighted by Gasteiger charge is -2.28. The minimum atomic E-state index is -0.763. The van der Waals surface area contributed by atoms with Gasteiger partial charge in [0.15, 0.2) is 0 Å². The second-order valence-electron chi connectivity index (χ2n) is 6.43. The molecule has 1 aliphatic carbocycles. The van der Waals surface area contributed by atoms with Crippen molar-refractivity contribution in [3.8, 4) is 6.07 Å². The molecule has 6 nitrogen and oxygen atoms in total. The molecule has 0 heterocycles. The van der Waals surface area contributed by atoms with E-state index in [0.717, 1.165) is 18.4 Å². The van der Waals surface area contributed by atoms with Crippen LogP contribution in [-0.2, 0) is 9.59 Å². The number of nitriles is 1. The molecule has 1 aliphatic rings. The maximum Gasteiger partial charge on any atom is 0.241 e. The third-order valence-electron chi connectivity index (χ3n) is 4.56. The lowest BCUT2D eigenvalue weighted by atomic mass is 10.00. The van der Waals surface area contributed by atoms with Crippen molar-refractivity contribution in [2.24, 2.45) is 0 Å². The van der Waals surface area contributed by atoms with Gasteiger partial charge in [-0.1, -0.05) is 23.7 Å². The van der Waals surface area contributed by atoms with Gasteiger partial charge in [0, 0.05) is 12.1 Å². The Labute approximate surface area is 153 Å². The van der Waals surface area contributed by atoms with Crippen LogP contribution in [0.2, 0.25) is 5.02 Å². The number of halogens is 1. The molecule has 134 valence electrons. The van der Waals surface area contributed by atoms with Crippen LogP contribution in [0, 0.1) is 11.3 Å². The summed E-state index contributed by atoms with van der Waals surface area (Å²) in [6.45, 7) is 0.0180. The van der Waals surface area contributed by atoms with Crippen LogP contribution in [0.15, 0.2) is 24.3 Å². The van der Waals surface area contributed by atoms with Gasteiger partial charge in [0.2, 0.25) is 11.8 Å². The number of rotatable bonds is 6. The van der Waals surface area contributed by atoms with E-state index in [1.807, 2.05) is 0 Å². The van der Waals surface area contributed by atoms with E-state index in [2.05, 4.69) is 16.7 Å². The molecule has 2 amide bonds. The average molecular weight is 363 g/mol. The van der Waals surface area contributed by atoms with Crippen LogP contribution in [0.1, 0.15) is 37.3 Å².